The van der Waals surface area contributed by atoms with Gasteiger partial charge in [0.2, 0.25) is 0 Å². The number of likely N-dealkylation sites (N-methyl/N-ethyl adjacent to an activating group) is 1. The van der Waals surface area contributed by atoms with Crippen molar-refractivity contribution >= 4 is 0 Å². The highest BCUT2D eigenvalue weighted by Crippen LogP contribution is 2.29. The van der Waals surface area contributed by atoms with Crippen molar-refractivity contribution in [3.63, 3.8) is 0 Å². The molecule has 3 heteroatoms. The average Bonchev–Trinajstić information content (AvgIpc) is 2.38. The van der Waals surface area contributed by atoms with Crippen molar-refractivity contribution in [2.24, 2.45) is 5.73 Å². The zero-order valence-corrected chi connectivity index (χ0v) is 12.7. The number of nitrogens with zero attached hydrogens (tertiary/aromatic N) is 1. The van der Waals surface area contributed by atoms with Crippen molar-refractivity contribution in [3.8, 4) is 5.75 Å². The van der Waals surface area contributed by atoms with Crippen molar-refractivity contribution in [2.45, 2.75) is 45.8 Å². The molecule has 1 atom stereocenters. The van der Waals surface area contributed by atoms with E-state index in [-0.39, 0.29) is 12.1 Å². The lowest BCUT2D eigenvalue weighted by Crippen LogP contribution is -2.31. The van der Waals surface area contributed by atoms with Crippen molar-refractivity contribution in [1.29, 1.82) is 0 Å². The van der Waals surface area contributed by atoms with Crippen molar-refractivity contribution in [2.75, 3.05) is 20.1 Å². The lowest BCUT2D eigenvalue weighted by molar-refractivity contribution is 0.215. The van der Waals surface area contributed by atoms with Gasteiger partial charge in [0.1, 0.15) is 5.75 Å². The van der Waals surface area contributed by atoms with E-state index in [9.17, 15) is 0 Å². The molecule has 0 spiro atoms. The van der Waals surface area contributed by atoms with Crippen LogP contribution >= 0.6 is 0 Å². The molecule has 1 rings (SSSR count). The molecule has 0 heterocycles. The predicted octanol–water partition coefficient (Wildman–Crippen LogP) is 3.21. The first kappa shape index (κ1) is 16.0. The van der Waals surface area contributed by atoms with E-state index >= 15 is 0 Å². The molecule has 0 amide bonds. The van der Waals surface area contributed by atoms with Gasteiger partial charge in [0.05, 0.1) is 12.1 Å². The van der Waals surface area contributed by atoms with Crippen LogP contribution in [0.5, 0.6) is 5.75 Å². The highest BCUT2D eigenvalue weighted by molar-refractivity contribution is 5.36. The average molecular weight is 264 g/mol. The molecule has 0 bridgehead atoms. The van der Waals surface area contributed by atoms with E-state index in [4.69, 9.17) is 10.5 Å². The minimum absolute atomic E-state index is 0.181. The Labute approximate surface area is 117 Å². The van der Waals surface area contributed by atoms with E-state index in [1.165, 1.54) is 18.4 Å². The molecule has 1 aromatic rings. The molecule has 0 aliphatic heterocycles. The van der Waals surface area contributed by atoms with Crippen LogP contribution in [0.15, 0.2) is 24.3 Å². The van der Waals surface area contributed by atoms with Gasteiger partial charge in [-0.25, -0.2) is 0 Å². The first-order valence-electron chi connectivity index (χ1n) is 7.26. The van der Waals surface area contributed by atoms with Crippen LogP contribution in [-0.2, 0) is 0 Å². The summed E-state index contributed by atoms with van der Waals surface area (Å²) in [5.74, 6) is 0.955. The summed E-state index contributed by atoms with van der Waals surface area (Å²) in [4.78, 5) is 2.33. The second-order valence-electron chi connectivity index (χ2n) is 5.29. The highest BCUT2D eigenvalue weighted by atomic mass is 16.5. The first-order valence-corrected chi connectivity index (χ1v) is 7.26. The number of ether oxygens (including phenoxy) is 1. The zero-order chi connectivity index (χ0) is 14.3. The number of hydrogen-bond donors (Lipinski definition) is 1. The Kier molecular flexibility index (Phi) is 6.89. The van der Waals surface area contributed by atoms with Gasteiger partial charge in [0.15, 0.2) is 0 Å². The molecule has 108 valence electrons. The summed E-state index contributed by atoms with van der Waals surface area (Å²) >= 11 is 0. The van der Waals surface area contributed by atoms with Crippen molar-refractivity contribution < 1.29 is 4.74 Å². The molecular weight excluding hydrogens is 236 g/mol. The molecular formula is C16H28N2O. The molecule has 3 nitrogen and oxygen atoms in total. The van der Waals surface area contributed by atoms with Crippen LogP contribution in [0.3, 0.4) is 0 Å². The molecule has 0 saturated carbocycles. The Morgan fingerprint density at radius 3 is 2.53 bits per heavy atom. The summed E-state index contributed by atoms with van der Waals surface area (Å²) in [6.07, 6.45) is 2.58. The first-order chi connectivity index (χ1) is 9.10. The van der Waals surface area contributed by atoms with Gasteiger partial charge >= 0.3 is 0 Å². The maximum atomic E-state index is 5.98. The molecule has 0 aliphatic rings. The Hall–Kier alpha value is -1.06. The third kappa shape index (κ3) is 4.84. The summed E-state index contributed by atoms with van der Waals surface area (Å²) in [7, 11) is 2.14. The third-order valence-corrected chi connectivity index (χ3v) is 3.26. The van der Waals surface area contributed by atoms with E-state index in [0.717, 1.165) is 12.3 Å². The Balaban J connectivity index is 2.90. The molecule has 19 heavy (non-hydrogen) atoms. The predicted molar refractivity (Wildman–Crippen MR) is 81.5 cm³/mol. The van der Waals surface area contributed by atoms with E-state index in [1.54, 1.807) is 0 Å². The smallest absolute Gasteiger partial charge is 0.124 e. The Morgan fingerprint density at radius 2 is 1.95 bits per heavy atom. The van der Waals surface area contributed by atoms with E-state index in [2.05, 4.69) is 44.9 Å². The largest absolute Gasteiger partial charge is 0.491 e. The highest BCUT2D eigenvalue weighted by Gasteiger charge is 2.19. The maximum absolute atomic E-state index is 5.98. The number of benzene rings is 1. The van der Waals surface area contributed by atoms with Gasteiger partial charge in [-0.3, -0.25) is 4.90 Å². The van der Waals surface area contributed by atoms with Crippen LogP contribution in [0.2, 0.25) is 0 Å². The Bertz CT molecular complexity index is 366. The second-order valence-corrected chi connectivity index (χ2v) is 5.29. The minimum Gasteiger partial charge on any atom is -0.491 e. The minimum atomic E-state index is 0.181. The van der Waals surface area contributed by atoms with Crippen LogP contribution < -0.4 is 10.5 Å². The fourth-order valence-corrected chi connectivity index (χ4v) is 2.22. The van der Waals surface area contributed by atoms with Crippen LogP contribution in [0, 0.1) is 0 Å². The van der Waals surface area contributed by atoms with Gasteiger partial charge in [0, 0.05) is 12.1 Å². The van der Waals surface area contributed by atoms with E-state index < -0.39 is 0 Å². The van der Waals surface area contributed by atoms with Gasteiger partial charge in [0.25, 0.3) is 0 Å². The molecule has 0 aliphatic carbocycles. The fourth-order valence-electron chi connectivity index (χ4n) is 2.22. The van der Waals surface area contributed by atoms with Gasteiger partial charge < -0.3 is 10.5 Å². The zero-order valence-electron chi connectivity index (χ0n) is 12.7. The molecule has 0 saturated heterocycles. The van der Waals surface area contributed by atoms with Crippen LogP contribution in [-0.4, -0.2) is 31.1 Å². The lowest BCUT2D eigenvalue weighted by Gasteiger charge is -2.29. The lowest BCUT2D eigenvalue weighted by atomic mass is 10.0. The standard InChI is InChI=1S/C16H28N2O/c1-5-6-11-18(4)15(12-17)14-9-7-8-10-16(14)19-13(2)3/h7-10,13,15H,5-6,11-12,17H2,1-4H3. The number of rotatable bonds is 8. The number of nitrogens with two attached hydrogens (primary N) is 1. The molecule has 0 fully saturated rings. The normalized spacial score (nSPS) is 13.0. The summed E-state index contributed by atoms with van der Waals surface area (Å²) in [5.41, 5.74) is 7.17. The van der Waals surface area contributed by atoms with Gasteiger partial charge in [-0.15, -0.1) is 0 Å². The quantitative estimate of drug-likeness (QED) is 0.783. The SMILES string of the molecule is CCCCN(C)C(CN)c1ccccc1OC(C)C. The summed E-state index contributed by atoms with van der Waals surface area (Å²) in [6.45, 7) is 7.98. The summed E-state index contributed by atoms with van der Waals surface area (Å²) < 4.78 is 5.90. The van der Waals surface area contributed by atoms with Crippen LogP contribution in [0.4, 0.5) is 0 Å². The second kappa shape index (κ2) is 8.18. The molecule has 0 aromatic heterocycles. The van der Waals surface area contributed by atoms with Gasteiger partial charge in [-0.05, 0) is 39.9 Å². The monoisotopic (exact) mass is 264 g/mol. The van der Waals surface area contributed by atoms with Crippen molar-refractivity contribution in [3.05, 3.63) is 29.8 Å². The third-order valence-electron chi connectivity index (χ3n) is 3.26. The Morgan fingerprint density at radius 1 is 1.26 bits per heavy atom. The van der Waals surface area contributed by atoms with Gasteiger partial charge in [-0.2, -0.15) is 0 Å². The van der Waals surface area contributed by atoms with Crippen LogP contribution in [0.1, 0.15) is 45.2 Å². The number of unbranched alkanes of at least 4 members (excludes halogenated alkanes) is 1. The van der Waals surface area contributed by atoms with Crippen molar-refractivity contribution in [1.82, 2.24) is 4.90 Å². The maximum Gasteiger partial charge on any atom is 0.124 e. The molecule has 1 aromatic carbocycles. The molecule has 1 unspecified atom stereocenters. The fraction of sp³-hybridized carbons (Fsp3) is 0.625. The van der Waals surface area contributed by atoms with Gasteiger partial charge in [-0.1, -0.05) is 31.5 Å². The van der Waals surface area contributed by atoms with E-state index in [1.807, 2.05) is 12.1 Å². The number of hydrogen-bond acceptors (Lipinski definition) is 3. The van der Waals surface area contributed by atoms with Crippen LogP contribution in [0.25, 0.3) is 0 Å². The van der Waals surface area contributed by atoms with E-state index in [0.29, 0.717) is 6.54 Å². The molecule has 0 radical (unpaired) electrons. The molecule has 2 N–H and O–H groups in total. The summed E-state index contributed by atoms with van der Waals surface area (Å²) in [6, 6.07) is 8.45. The topological polar surface area (TPSA) is 38.5 Å². The number of para-hydroxylation sites is 1. The summed E-state index contributed by atoms with van der Waals surface area (Å²) in [5, 5.41) is 0.